The predicted molar refractivity (Wildman–Crippen MR) is 66.6 cm³/mol. The molecule has 1 saturated carbocycles. The van der Waals surface area contributed by atoms with Crippen molar-refractivity contribution in [2.75, 3.05) is 0 Å². The number of carbonyl (C=O) groups excluding carboxylic acids is 1. The van der Waals surface area contributed by atoms with Gasteiger partial charge in [-0.15, -0.1) is 0 Å². The first-order valence-electron chi connectivity index (χ1n) is 6.20. The molecule has 1 unspecified atom stereocenters. The number of hydrazone groups is 1. The highest BCUT2D eigenvalue weighted by Gasteiger charge is 2.35. The van der Waals surface area contributed by atoms with Gasteiger partial charge < -0.3 is 4.79 Å². The van der Waals surface area contributed by atoms with Crippen LogP contribution < -0.4 is 0 Å². The van der Waals surface area contributed by atoms with Gasteiger partial charge in [0.25, 0.3) is 0 Å². The lowest BCUT2D eigenvalue weighted by Gasteiger charge is -2.18. The van der Waals surface area contributed by atoms with E-state index in [1.54, 1.807) is 0 Å². The van der Waals surface area contributed by atoms with Crippen LogP contribution in [0.1, 0.15) is 24.8 Å². The van der Waals surface area contributed by atoms with Gasteiger partial charge in [0.1, 0.15) is 12.3 Å². The van der Waals surface area contributed by atoms with E-state index in [-0.39, 0.29) is 6.04 Å². The summed E-state index contributed by atoms with van der Waals surface area (Å²) in [5, 5.41) is 6.56. The van der Waals surface area contributed by atoms with Gasteiger partial charge in [0, 0.05) is 12.1 Å². The number of rotatable bonds is 4. The van der Waals surface area contributed by atoms with Gasteiger partial charge in [-0.1, -0.05) is 30.3 Å². The van der Waals surface area contributed by atoms with Gasteiger partial charge in [-0.05, 0) is 24.3 Å². The molecule has 0 saturated heterocycles. The Hall–Kier alpha value is -1.64. The van der Waals surface area contributed by atoms with Crippen LogP contribution in [0.25, 0.3) is 0 Å². The molecule has 1 atom stereocenters. The van der Waals surface area contributed by atoms with Crippen LogP contribution in [-0.2, 0) is 11.3 Å². The standard InChI is InChI=1S/C14H16N2O/c17-10-13-8-14(12-6-7-12)15-16(13)9-11-4-2-1-3-5-11/h1-5,10,12-13H,6-9H2. The number of benzene rings is 1. The molecule has 0 N–H and O–H groups in total. The lowest BCUT2D eigenvalue weighted by atomic mass is 10.1. The van der Waals surface area contributed by atoms with Gasteiger partial charge in [0.15, 0.2) is 0 Å². The highest BCUT2D eigenvalue weighted by atomic mass is 16.1. The summed E-state index contributed by atoms with van der Waals surface area (Å²) >= 11 is 0. The lowest BCUT2D eigenvalue weighted by Crippen LogP contribution is -2.27. The van der Waals surface area contributed by atoms with Crippen molar-refractivity contribution in [1.29, 1.82) is 0 Å². The molecule has 0 bridgehead atoms. The second-order valence-corrected chi connectivity index (χ2v) is 4.86. The monoisotopic (exact) mass is 228 g/mol. The normalized spacial score (nSPS) is 23.6. The van der Waals surface area contributed by atoms with Crippen LogP contribution >= 0.6 is 0 Å². The second kappa shape index (κ2) is 4.32. The minimum atomic E-state index is -0.0502. The molecule has 1 aromatic rings. The van der Waals surface area contributed by atoms with E-state index in [0.29, 0.717) is 5.92 Å². The van der Waals surface area contributed by atoms with Crippen molar-refractivity contribution < 1.29 is 4.79 Å². The zero-order valence-corrected chi connectivity index (χ0v) is 9.75. The zero-order chi connectivity index (χ0) is 11.7. The van der Waals surface area contributed by atoms with Gasteiger partial charge >= 0.3 is 0 Å². The quantitative estimate of drug-likeness (QED) is 0.740. The molecule has 1 aliphatic heterocycles. The molecule has 1 fully saturated rings. The highest BCUT2D eigenvalue weighted by molar-refractivity contribution is 5.92. The molecule has 0 radical (unpaired) electrons. The maximum absolute atomic E-state index is 11.1. The summed E-state index contributed by atoms with van der Waals surface area (Å²) in [5.74, 6) is 0.665. The maximum atomic E-state index is 11.1. The van der Waals surface area contributed by atoms with Gasteiger partial charge in [0.2, 0.25) is 0 Å². The van der Waals surface area contributed by atoms with E-state index in [4.69, 9.17) is 0 Å². The average Bonchev–Trinajstić information content (AvgIpc) is 3.13. The van der Waals surface area contributed by atoms with Crippen LogP contribution in [0.15, 0.2) is 35.4 Å². The van der Waals surface area contributed by atoms with E-state index < -0.39 is 0 Å². The van der Waals surface area contributed by atoms with Crippen molar-refractivity contribution in [3.63, 3.8) is 0 Å². The SMILES string of the molecule is O=CC1CC(C2CC2)=NN1Cc1ccccc1. The zero-order valence-electron chi connectivity index (χ0n) is 9.75. The Morgan fingerprint density at radius 1 is 1.29 bits per heavy atom. The predicted octanol–water partition coefficient (Wildman–Crippen LogP) is 2.23. The van der Waals surface area contributed by atoms with E-state index in [9.17, 15) is 4.79 Å². The Bertz CT molecular complexity index is 437. The molecule has 3 rings (SSSR count). The first-order chi connectivity index (χ1) is 8.36. The van der Waals surface area contributed by atoms with E-state index in [2.05, 4.69) is 17.2 Å². The first-order valence-corrected chi connectivity index (χ1v) is 6.20. The van der Waals surface area contributed by atoms with Crippen LogP contribution in [-0.4, -0.2) is 23.0 Å². The molecule has 2 aliphatic rings. The fourth-order valence-corrected chi connectivity index (χ4v) is 2.31. The van der Waals surface area contributed by atoms with E-state index >= 15 is 0 Å². The smallest absolute Gasteiger partial charge is 0.144 e. The van der Waals surface area contributed by atoms with E-state index in [1.807, 2.05) is 23.2 Å². The number of nitrogens with zero attached hydrogens (tertiary/aromatic N) is 2. The van der Waals surface area contributed by atoms with Crippen molar-refractivity contribution in [3.8, 4) is 0 Å². The summed E-state index contributed by atoms with van der Waals surface area (Å²) in [5.41, 5.74) is 2.44. The third-order valence-corrected chi connectivity index (χ3v) is 3.45. The molecule has 1 aromatic carbocycles. The Morgan fingerprint density at radius 2 is 2.06 bits per heavy atom. The largest absolute Gasteiger partial charge is 0.301 e. The molecule has 0 aromatic heterocycles. The summed E-state index contributed by atoms with van der Waals surface area (Å²) in [7, 11) is 0. The Labute approximate surface area is 101 Å². The van der Waals surface area contributed by atoms with Crippen LogP contribution in [0.4, 0.5) is 0 Å². The molecular weight excluding hydrogens is 212 g/mol. The molecule has 88 valence electrons. The molecule has 0 spiro atoms. The summed E-state index contributed by atoms with van der Waals surface area (Å²) in [4.78, 5) is 11.1. The lowest BCUT2D eigenvalue weighted by molar-refractivity contribution is -0.112. The van der Waals surface area contributed by atoms with Crippen LogP contribution in [0.2, 0.25) is 0 Å². The second-order valence-electron chi connectivity index (χ2n) is 4.86. The number of hydrogen-bond donors (Lipinski definition) is 0. The number of aldehydes is 1. The molecular formula is C14H16N2O. The Morgan fingerprint density at radius 3 is 2.71 bits per heavy atom. The Balaban J connectivity index is 1.74. The van der Waals surface area contributed by atoms with Gasteiger partial charge in [-0.25, -0.2) is 0 Å². The minimum Gasteiger partial charge on any atom is -0.301 e. The summed E-state index contributed by atoms with van der Waals surface area (Å²) in [6.07, 6.45) is 4.37. The van der Waals surface area contributed by atoms with E-state index in [1.165, 1.54) is 24.1 Å². The van der Waals surface area contributed by atoms with Crippen molar-refractivity contribution in [2.45, 2.75) is 31.8 Å². The summed E-state index contributed by atoms with van der Waals surface area (Å²) in [6, 6.07) is 10.1. The maximum Gasteiger partial charge on any atom is 0.144 e. The van der Waals surface area contributed by atoms with Crippen molar-refractivity contribution >= 4 is 12.0 Å². The Kier molecular flexibility index (Phi) is 2.67. The molecule has 1 heterocycles. The van der Waals surface area contributed by atoms with Crippen LogP contribution in [0, 0.1) is 5.92 Å². The fraction of sp³-hybridized carbons (Fsp3) is 0.429. The first kappa shape index (κ1) is 10.5. The minimum absolute atomic E-state index is 0.0502. The van der Waals surface area contributed by atoms with Crippen LogP contribution in [0.3, 0.4) is 0 Å². The molecule has 17 heavy (non-hydrogen) atoms. The summed E-state index contributed by atoms with van der Waals surface area (Å²) < 4.78 is 0. The third kappa shape index (κ3) is 2.23. The van der Waals surface area contributed by atoms with Gasteiger partial charge in [-0.3, -0.25) is 5.01 Å². The fourth-order valence-electron chi connectivity index (χ4n) is 2.31. The van der Waals surface area contributed by atoms with Crippen molar-refractivity contribution in [2.24, 2.45) is 11.0 Å². The topological polar surface area (TPSA) is 32.7 Å². The van der Waals surface area contributed by atoms with E-state index in [0.717, 1.165) is 19.3 Å². The van der Waals surface area contributed by atoms with Crippen molar-refractivity contribution in [3.05, 3.63) is 35.9 Å². The third-order valence-electron chi connectivity index (χ3n) is 3.45. The average molecular weight is 228 g/mol. The number of hydrogen-bond acceptors (Lipinski definition) is 3. The molecule has 3 heteroatoms. The van der Waals surface area contributed by atoms with Crippen molar-refractivity contribution in [1.82, 2.24) is 5.01 Å². The molecule has 0 amide bonds. The highest BCUT2D eigenvalue weighted by Crippen LogP contribution is 2.35. The van der Waals surface area contributed by atoms with Crippen LogP contribution in [0.5, 0.6) is 0 Å². The summed E-state index contributed by atoms with van der Waals surface area (Å²) in [6.45, 7) is 0.737. The van der Waals surface area contributed by atoms with Gasteiger partial charge in [0.05, 0.1) is 6.54 Å². The molecule has 3 nitrogen and oxygen atoms in total. The molecule has 1 aliphatic carbocycles. The van der Waals surface area contributed by atoms with Gasteiger partial charge in [-0.2, -0.15) is 5.10 Å². The number of carbonyl (C=O) groups is 1.